The summed E-state index contributed by atoms with van der Waals surface area (Å²) in [5.41, 5.74) is 0. The van der Waals surface area contributed by atoms with Gasteiger partial charge in [-0.25, -0.2) is 0 Å². The molecule has 0 radical (unpaired) electrons. The third-order valence-corrected chi connectivity index (χ3v) is 5.23. The maximum atomic E-state index is 12.7. The molecule has 1 amide bonds. The Morgan fingerprint density at radius 1 is 1.19 bits per heavy atom. The standard InChI is InChI=1S/C19H28F3N7O3/c1-2-32-15(31)12-6-5-9-29(10-12)18-27-16(24-11-19(20,21)22)26-17(28-18)25-13-7-3-4-8-23-14(13)30/h12-13H,2-11H2,1H3,(H,23,30)(H2,24,25,26,27,28). The maximum absolute atomic E-state index is 12.7. The second kappa shape index (κ2) is 10.6. The van der Waals surface area contributed by atoms with Crippen molar-refractivity contribution in [3.05, 3.63) is 0 Å². The van der Waals surface area contributed by atoms with E-state index in [0.717, 1.165) is 12.8 Å². The van der Waals surface area contributed by atoms with Crippen LogP contribution in [0.25, 0.3) is 0 Å². The second-order valence-corrected chi connectivity index (χ2v) is 7.77. The molecule has 0 spiro atoms. The van der Waals surface area contributed by atoms with Crippen molar-refractivity contribution < 1.29 is 27.5 Å². The van der Waals surface area contributed by atoms with Crippen LogP contribution in [0.2, 0.25) is 0 Å². The summed E-state index contributed by atoms with van der Waals surface area (Å²) in [5.74, 6) is -1.04. The largest absolute Gasteiger partial charge is 0.466 e. The van der Waals surface area contributed by atoms with Crippen molar-refractivity contribution in [2.45, 2.75) is 51.2 Å². The zero-order chi connectivity index (χ0) is 23.1. The lowest BCUT2D eigenvalue weighted by Crippen LogP contribution is -2.41. The van der Waals surface area contributed by atoms with Gasteiger partial charge in [0.25, 0.3) is 0 Å². The Balaban J connectivity index is 1.82. The Hall–Kier alpha value is -2.86. The number of carbonyl (C=O) groups is 2. The summed E-state index contributed by atoms with van der Waals surface area (Å²) in [6.45, 7) is 2.06. The lowest BCUT2D eigenvalue weighted by Gasteiger charge is -2.31. The van der Waals surface area contributed by atoms with Crippen molar-refractivity contribution in [2.24, 2.45) is 5.92 Å². The molecule has 0 saturated carbocycles. The minimum atomic E-state index is -4.46. The van der Waals surface area contributed by atoms with Crippen molar-refractivity contribution in [1.82, 2.24) is 20.3 Å². The van der Waals surface area contributed by atoms with Crippen LogP contribution in [0, 0.1) is 5.92 Å². The van der Waals surface area contributed by atoms with E-state index in [4.69, 9.17) is 4.74 Å². The van der Waals surface area contributed by atoms with Crippen molar-refractivity contribution in [3.63, 3.8) is 0 Å². The number of carbonyl (C=O) groups excluding carboxylic acids is 2. The third-order valence-electron chi connectivity index (χ3n) is 5.23. The zero-order valence-electron chi connectivity index (χ0n) is 17.9. The highest BCUT2D eigenvalue weighted by atomic mass is 19.4. The van der Waals surface area contributed by atoms with E-state index in [-0.39, 0.29) is 48.8 Å². The molecular formula is C19H28F3N7O3. The van der Waals surface area contributed by atoms with Crippen molar-refractivity contribution in [3.8, 4) is 0 Å². The average molecular weight is 459 g/mol. The van der Waals surface area contributed by atoms with Crippen LogP contribution in [0.5, 0.6) is 0 Å². The number of piperidine rings is 1. The number of nitrogens with one attached hydrogen (secondary N) is 3. The van der Waals surface area contributed by atoms with Crippen LogP contribution < -0.4 is 20.9 Å². The number of aromatic nitrogens is 3. The van der Waals surface area contributed by atoms with Gasteiger partial charge in [-0.15, -0.1) is 0 Å². The van der Waals surface area contributed by atoms with Gasteiger partial charge in [-0.1, -0.05) is 0 Å². The van der Waals surface area contributed by atoms with Crippen LogP contribution in [-0.2, 0) is 14.3 Å². The second-order valence-electron chi connectivity index (χ2n) is 7.77. The Morgan fingerprint density at radius 2 is 1.97 bits per heavy atom. The van der Waals surface area contributed by atoms with Gasteiger partial charge in [-0.05, 0) is 39.0 Å². The Bertz CT molecular complexity index is 809. The van der Waals surface area contributed by atoms with Crippen molar-refractivity contribution in [1.29, 1.82) is 0 Å². The Labute approximate surface area is 183 Å². The molecular weight excluding hydrogens is 431 g/mol. The van der Waals surface area contributed by atoms with E-state index in [0.29, 0.717) is 32.4 Å². The van der Waals surface area contributed by atoms with Gasteiger partial charge in [0, 0.05) is 19.6 Å². The summed E-state index contributed by atoms with van der Waals surface area (Å²) >= 11 is 0. The van der Waals surface area contributed by atoms with E-state index in [1.165, 1.54) is 0 Å². The molecule has 2 unspecified atom stereocenters. The van der Waals surface area contributed by atoms with E-state index in [1.54, 1.807) is 11.8 Å². The number of hydrogen-bond acceptors (Lipinski definition) is 9. The molecule has 3 rings (SSSR count). The number of esters is 1. The summed E-state index contributed by atoms with van der Waals surface area (Å²) in [5, 5.41) is 7.89. The van der Waals surface area contributed by atoms with Crippen LogP contribution in [0.15, 0.2) is 0 Å². The number of rotatable bonds is 7. The number of alkyl halides is 3. The molecule has 3 heterocycles. The number of nitrogens with zero attached hydrogens (tertiary/aromatic N) is 4. The minimum Gasteiger partial charge on any atom is -0.466 e. The first-order valence-corrected chi connectivity index (χ1v) is 10.8. The minimum absolute atomic E-state index is 0.0000160. The molecule has 178 valence electrons. The van der Waals surface area contributed by atoms with E-state index in [2.05, 4.69) is 30.9 Å². The van der Waals surface area contributed by atoms with Crippen LogP contribution in [0.1, 0.15) is 39.0 Å². The molecule has 0 aromatic carbocycles. The lowest BCUT2D eigenvalue weighted by atomic mass is 9.98. The van der Waals surface area contributed by atoms with Crippen LogP contribution in [-0.4, -0.2) is 71.8 Å². The topological polar surface area (TPSA) is 121 Å². The molecule has 10 nitrogen and oxygen atoms in total. The Kier molecular flexibility index (Phi) is 7.91. The predicted molar refractivity (Wildman–Crippen MR) is 110 cm³/mol. The van der Waals surface area contributed by atoms with E-state index in [1.807, 2.05) is 0 Å². The van der Waals surface area contributed by atoms with Gasteiger partial charge in [0.15, 0.2) is 0 Å². The van der Waals surface area contributed by atoms with Gasteiger partial charge in [-0.3, -0.25) is 9.59 Å². The van der Waals surface area contributed by atoms with Gasteiger partial charge >= 0.3 is 12.1 Å². The molecule has 2 aliphatic heterocycles. The van der Waals surface area contributed by atoms with E-state index >= 15 is 0 Å². The van der Waals surface area contributed by atoms with Gasteiger partial charge < -0.3 is 25.6 Å². The van der Waals surface area contributed by atoms with Crippen molar-refractivity contribution >= 4 is 29.7 Å². The summed E-state index contributed by atoms with van der Waals surface area (Å²) < 4.78 is 43.2. The molecule has 0 aliphatic carbocycles. The molecule has 2 atom stereocenters. The first-order chi connectivity index (χ1) is 15.2. The zero-order valence-corrected chi connectivity index (χ0v) is 17.9. The first-order valence-electron chi connectivity index (χ1n) is 10.8. The summed E-state index contributed by atoms with van der Waals surface area (Å²) in [6, 6.07) is -0.600. The maximum Gasteiger partial charge on any atom is 0.405 e. The van der Waals surface area contributed by atoms with Crippen molar-refractivity contribution in [2.75, 3.05) is 48.3 Å². The van der Waals surface area contributed by atoms with Crippen LogP contribution in [0.4, 0.5) is 31.0 Å². The quantitative estimate of drug-likeness (QED) is 0.523. The van der Waals surface area contributed by atoms with E-state index in [9.17, 15) is 22.8 Å². The van der Waals surface area contributed by atoms with Gasteiger partial charge in [0.2, 0.25) is 23.8 Å². The molecule has 2 saturated heterocycles. The molecule has 32 heavy (non-hydrogen) atoms. The normalized spacial score (nSPS) is 22.0. The fourth-order valence-electron chi connectivity index (χ4n) is 3.67. The molecule has 1 aromatic rings. The van der Waals surface area contributed by atoms with Crippen LogP contribution >= 0.6 is 0 Å². The third kappa shape index (κ3) is 6.82. The van der Waals surface area contributed by atoms with Crippen LogP contribution in [0.3, 0.4) is 0 Å². The highest BCUT2D eigenvalue weighted by Crippen LogP contribution is 2.24. The molecule has 0 bridgehead atoms. The van der Waals surface area contributed by atoms with Gasteiger partial charge in [0.1, 0.15) is 12.6 Å². The number of hydrogen-bond donors (Lipinski definition) is 3. The fraction of sp³-hybridized carbons (Fsp3) is 0.737. The van der Waals surface area contributed by atoms with E-state index < -0.39 is 18.8 Å². The summed E-state index contributed by atoms with van der Waals surface area (Å²) in [6.07, 6.45) is -0.940. The lowest BCUT2D eigenvalue weighted by molar-refractivity contribution is -0.148. The van der Waals surface area contributed by atoms with Gasteiger partial charge in [0.05, 0.1) is 12.5 Å². The number of halogens is 3. The fourth-order valence-corrected chi connectivity index (χ4v) is 3.67. The molecule has 2 fully saturated rings. The Morgan fingerprint density at radius 3 is 2.72 bits per heavy atom. The predicted octanol–water partition coefficient (Wildman–Crippen LogP) is 1.71. The number of amides is 1. The summed E-state index contributed by atoms with van der Waals surface area (Å²) in [4.78, 5) is 38.6. The molecule has 13 heteroatoms. The molecule has 1 aromatic heterocycles. The first kappa shape index (κ1) is 23.8. The molecule has 2 aliphatic rings. The summed E-state index contributed by atoms with van der Waals surface area (Å²) in [7, 11) is 0. The molecule has 3 N–H and O–H groups in total. The smallest absolute Gasteiger partial charge is 0.405 e. The average Bonchev–Trinajstić information content (AvgIpc) is 2.96. The highest BCUT2D eigenvalue weighted by Gasteiger charge is 2.31. The highest BCUT2D eigenvalue weighted by molar-refractivity contribution is 5.84. The monoisotopic (exact) mass is 459 g/mol. The van der Waals surface area contributed by atoms with Gasteiger partial charge in [-0.2, -0.15) is 28.1 Å². The number of ether oxygens (including phenoxy) is 1. The number of anilines is 3. The SMILES string of the molecule is CCOC(=O)C1CCCN(c2nc(NCC(F)(F)F)nc(NC3CCCCNC3=O)n2)C1.